The molecule has 3 heteroatoms. The number of carbonyl (C=O) groups excluding carboxylic acids is 1. The summed E-state index contributed by atoms with van der Waals surface area (Å²) in [6, 6.07) is 4.67. The monoisotopic (exact) mass is 195 g/mol. The summed E-state index contributed by atoms with van der Waals surface area (Å²) in [4.78, 5) is 11.4. The van der Waals surface area contributed by atoms with Crippen LogP contribution in [-0.2, 0) is 6.42 Å². The smallest absolute Gasteiger partial charge is 0.179 e. The molecule has 0 radical (unpaired) electrons. The number of Topliss-reactive ketones (excluding diaryl/α,β-unsaturated/α-hetero) is 1. The Morgan fingerprint density at radius 2 is 2.21 bits per heavy atom. The zero-order chi connectivity index (χ0) is 10.6. The second-order valence-corrected chi connectivity index (χ2v) is 3.12. The van der Waals surface area contributed by atoms with E-state index in [1.165, 1.54) is 6.07 Å². The quantitative estimate of drug-likeness (QED) is 0.742. The minimum atomic E-state index is -0.442. The van der Waals surface area contributed by atoms with E-state index < -0.39 is 5.82 Å². The van der Waals surface area contributed by atoms with Gasteiger partial charge in [-0.15, -0.1) is 0 Å². The zero-order valence-corrected chi connectivity index (χ0v) is 8.43. The van der Waals surface area contributed by atoms with Crippen molar-refractivity contribution < 1.29 is 9.18 Å². The van der Waals surface area contributed by atoms with Crippen LogP contribution in [0.3, 0.4) is 0 Å². The van der Waals surface area contributed by atoms with Gasteiger partial charge >= 0.3 is 0 Å². The van der Waals surface area contributed by atoms with Crippen LogP contribution < -0.4 is 5.32 Å². The van der Waals surface area contributed by atoms with Crippen molar-refractivity contribution in [2.75, 3.05) is 13.6 Å². The molecule has 2 nitrogen and oxygen atoms in total. The van der Waals surface area contributed by atoms with E-state index in [0.717, 1.165) is 12.0 Å². The summed E-state index contributed by atoms with van der Waals surface area (Å²) < 4.78 is 13.2. The molecule has 1 aromatic carbocycles. The fraction of sp³-hybridized carbons (Fsp3) is 0.364. The Morgan fingerprint density at radius 1 is 1.50 bits per heavy atom. The maximum atomic E-state index is 13.2. The number of benzene rings is 1. The van der Waals surface area contributed by atoms with Crippen molar-refractivity contribution in [3.05, 3.63) is 35.1 Å². The minimum absolute atomic E-state index is 0.171. The molecule has 76 valence electrons. The van der Waals surface area contributed by atoms with E-state index >= 15 is 0 Å². The number of carbonyl (C=O) groups is 1. The number of halogens is 1. The largest absolute Gasteiger partial charge is 0.313 e. The van der Waals surface area contributed by atoms with Crippen LogP contribution in [0.2, 0.25) is 0 Å². The molecule has 0 saturated heterocycles. The van der Waals surface area contributed by atoms with Crippen molar-refractivity contribution in [3.63, 3.8) is 0 Å². The van der Waals surface area contributed by atoms with Gasteiger partial charge in [0.05, 0.1) is 12.1 Å². The summed E-state index contributed by atoms with van der Waals surface area (Å²) >= 11 is 0. The average molecular weight is 195 g/mol. The first-order valence-corrected chi connectivity index (χ1v) is 4.65. The molecule has 0 aliphatic carbocycles. The van der Waals surface area contributed by atoms with Crippen LogP contribution >= 0.6 is 0 Å². The van der Waals surface area contributed by atoms with Gasteiger partial charge < -0.3 is 5.32 Å². The molecular weight excluding hydrogens is 181 g/mol. The summed E-state index contributed by atoms with van der Waals surface area (Å²) in [5, 5.41) is 2.71. The van der Waals surface area contributed by atoms with Gasteiger partial charge in [0, 0.05) is 0 Å². The molecule has 0 aliphatic heterocycles. The van der Waals surface area contributed by atoms with E-state index in [-0.39, 0.29) is 17.9 Å². The van der Waals surface area contributed by atoms with E-state index in [1.54, 1.807) is 19.2 Å². The lowest BCUT2D eigenvalue weighted by atomic mass is 10.0. The summed E-state index contributed by atoms with van der Waals surface area (Å²) in [5.74, 6) is -0.650. The van der Waals surface area contributed by atoms with Crippen molar-refractivity contribution >= 4 is 5.78 Å². The molecule has 0 spiro atoms. The SMILES string of the molecule is CCc1ccc(F)c(C(=O)CNC)c1. The fourth-order valence-electron chi connectivity index (χ4n) is 1.26. The number of rotatable bonds is 4. The van der Waals surface area contributed by atoms with Crippen LogP contribution in [0.1, 0.15) is 22.8 Å². The second-order valence-electron chi connectivity index (χ2n) is 3.12. The number of hydrogen-bond donors (Lipinski definition) is 1. The van der Waals surface area contributed by atoms with E-state index in [9.17, 15) is 9.18 Å². The van der Waals surface area contributed by atoms with E-state index in [1.807, 2.05) is 6.92 Å². The number of nitrogens with one attached hydrogen (secondary N) is 1. The predicted molar refractivity (Wildman–Crippen MR) is 54.0 cm³/mol. The highest BCUT2D eigenvalue weighted by molar-refractivity contribution is 5.98. The number of hydrogen-bond acceptors (Lipinski definition) is 2. The maximum absolute atomic E-state index is 13.2. The van der Waals surface area contributed by atoms with Gasteiger partial charge in [-0.2, -0.15) is 0 Å². The highest BCUT2D eigenvalue weighted by Crippen LogP contribution is 2.11. The van der Waals surface area contributed by atoms with Gasteiger partial charge in [-0.1, -0.05) is 13.0 Å². The zero-order valence-electron chi connectivity index (χ0n) is 8.43. The second kappa shape index (κ2) is 4.86. The lowest BCUT2D eigenvalue weighted by Gasteiger charge is -2.04. The van der Waals surface area contributed by atoms with Crippen LogP contribution in [0, 0.1) is 5.82 Å². The Labute approximate surface area is 83.1 Å². The third kappa shape index (κ3) is 2.39. The lowest BCUT2D eigenvalue weighted by molar-refractivity contribution is 0.0989. The first kappa shape index (κ1) is 10.9. The summed E-state index contributed by atoms with van der Waals surface area (Å²) in [7, 11) is 1.67. The fourth-order valence-corrected chi connectivity index (χ4v) is 1.26. The van der Waals surface area contributed by atoms with E-state index in [4.69, 9.17) is 0 Å². The third-order valence-corrected chi connectivity index (χ3v) is 2.08. The van der Waals surface area contributed by atoms with Gasteiger partial charge in [0.1, 0.15) is 5.82 Å². The van der Waals surface area contributed by atoms with Gasteiger partial charge in [0.2, 0.25) is 0 Å². The highest BCUT2D eigenvalue weighted by atomic mass is 19.1. The summed E-state index contributed by atoms with van der Waals surface area (Å²) in [5.41, 5.74) is 1.16. The molecule has 0 saturated carbocycles. The Kier molecular flexibility index (Phi) is 3.77. The van der Waals surface area contributed by atoms with Crippen molar-refractivity contribution in [2.45, 2.75) is 13.3 Å². The predicted octanol–water partition coefficient (Wildman–Crippen LogP) is 1.79. The van der Waals surface area contributed by atoms with Gasteiger partial charge in [0.25, 0.3) is 0 Å². The van der Waals surface area contributed by atoms with Crippen molar-refractivity contribution in [1.29, 1.82) is 0 Å². The Bertz CT molecular complexity index is 336. The topological polar surface area (TPSA) is 29.1 Å². The number of ketones is 1. The molecule has 14 heavy (non-hydrogen) atoms. The maximum Gasteiger partial charge on any atom is 0.179 e. The molecule has 0 fully saturated rings. The highest BCUT2D eigenvalue weighted by Gasteiger charge is 2.10. The first-order chi connectivity index (χ1) is 6.69. The average Bonchev–Trinajstić information content (AvgIpc) is 2.19. The number of aryl methyl sites for hydroxylation is 1. The third-order valence-electron chi connectivity index (χ3n) is 2.08. The lowest BCUT2D eigenvalue weighted by Crippen LogP contribution is -2.19. The van der Waals surface area contributed by atoms with Crippen LogP contribution in [0.4, 0.5) is 4.39 Å². The van der Waals surface area contributed by atoms with Crippen LogP contribution in [0.25, 0.3) is 0 Å². The van der Waals surface area contributed by atoms with Crippen molar-refractivity contribution in [3.8, 4) is 0 Å². The summed E-state index contributed by atoms with van der Waals surface area (Å²) in [6.45, 7) is 2.14. The first-order valence-electron chi connectivity index (χ1n) is 4.65. The van der Waals surface area contributed by atoms with Gasteiger partial charge in [-0.25, -0.2) is 4.39 Å². The van der Waals surface area contributed by atoms with Gasteiger partial charge in [-0.05, 0) is 31.2 Å². The van der Waals surface area contributed by atoms with E-state index in [0.29, 0.717) is 0 Å². The van der Waals surface area contributed by atoms with Crippen molar-refractivity contribution in [1.82, 2.24) is 5.32 Å². The van der Waals surface area contributed by atoms with Crippen LogP contribution in [0.15, 0.2) is 18.2 Å². The molecule has 0 aromatic heterocycles. The Morgan fingerprint density at radius 3 is 2.79 bits per heavy atom. The van der Waals surface area contributed by atoms with Crippen LogP contribution in [0.5, 0.6) is 0 Å². The van der Waals surface area contributed by atoms with Crippen LogP contribution in [-0.4, -0.2) is 19.4 Å². The molecule has 1 aromatic rings. The molecule has 0 amide bonds. The van der Waals surface area contributed by atoms with Gasteiger partial charge in [-0.3, -0.25) is 4.79 Å². The molecule has 0 unspecified atom stereocenters. The van der Waals surface area contributed by atoms with Gasteiger partial charge in [0.15, 0.2) is 5.78 Å². The minimum Gasteiger partial charge on any atom is -0.313 e. The normalized spacial score (nSPS) is 10.2. The molecule has 0 atom stereocenters. The molecule has 0 heterocycles. The van der Waals surface area contributed by atoms with Crippen molar-refractivity contribution in [2.24, 2.45) is 0 Å². The number of likely N-dealkylation sites (N-methyl/N-ethyl adjacent to an activating group) is 1. The van der Waals surface area contributed by atoms with E-state index in [2.05, 4.69) is 5.32 Å². The molecule has 0 bridgehead atoms. The molecule has 0 aliphatic rings. The summed E-state index contributed by atoms with van der Waals surface area (Å²) in [6.07, 6.45) is 0.806. The molecule has 1 N–H and O–H groups in total. The molecule has 1 rings (SSSR count). The Balaban J connectivity index is 2.99. The Hall–Kier alpha value is -1.22. The standard InChI is InChI=1S/C11H14FNO/c1-3-8-4-5-10(12)9(6-8)11(14)7-13-2/h4-6,13H,3,7H2,1-2H3. The molecular formula is C11H14FNO.